The van der Waals surface area contributed by atoms with Crippen LogP contribution in [0.15, 0.2) is 35.7 Å². The largest absolute Gasteiger partial charge is 0.497 e. The van der Waals surface area contributed by atoms with E-state index in [4.69, 9.17) is 4.74 Å². The van der Waals surface area contributed by atoms with Gasteiger partial charge in [-0.05, 0) is 29.5 Å². The quantitative estimate of drug-likeness (QED) is 0.670. The number of ether oxygens (including phenoxy) is 1. The van der Waals surface area contributed by atoms with Crippen LogP contribution in [0, 0.1) is 0 Å². The van der Waals surface area contributed by atoms with Crippen LogP contribution >= 0.6 is 11.9 Å². The molecule has 1 aliphatic rings. The standard InChI is InChI=1S/C10H11NOS/c1-12-10-5-2-4-9(8-10)11-6-3-7-13-11/h2-5,7-8H,6H2,1H3. The van der Waals surface area contributed by atoms with E-state index in [1.165, 1.54) is 5.69 Å². The van der Waals surface area contributed by atoms with Gasteiger partial charge in [-0.15, -0.1) is 0 Å². The number of nitrogens with zero attached hydrogens (tertiary/aromatic N) is 1. The predicted octanol–water partition coefficient (Wildman–Crippen LogP) is 2.68. The van der Waals surface area contributed by atoms with Crippen molar-refractivity contribution in [2.75, 3.05) is 18.0 Å². The number of benzene rings is 1. The van der Waals surface area contributed by atoms with Crippen LogP contribution in [0.3, 0.4) is 0 Å². The van der Waals surface area contributed by atoms with Gasteiger partial charge in [-0.2, -0.15) is 0 Å². The van der Waals surface area contributed by atoms with Gasteiger partial charge in [0.1, 0.15) is 5.75 Å². The van der Waals surface area contributed by atoms with Gasteiger partial charge in [0.05, 0.1) is 12.8 Å². The molecule has 3 heteroatoms. The maximum absolute atomic E-state index is 5.16. The molecule has 0 saturated carbocycles. The number of rotatable bonds is 2. The molecule has 0 amide bonds. The molecule has 0 atom stereocenters. The molecule has 13 heavy (non-hydrogen) atoms. The molecule has 0 aliphatic carbocycles. The fraction of sp³-hybridized carbons (Fsp3) is 0.200. The zero-order valence-corrected chi connectivity index (χ0v) is 8.25. The molecule has 2 nitrogen and oxygen atoms in total. The third-order valence-corrected chi connectivity index (χ3v) is 2.83. The molecule has 0 aromatic heterocycles. The first-order valence-electron chi connectivity index (χ1n) is 4.13. The highest BCUT2D eigenvalue weighted by molar-refractivity contribution is 8.03. The van der Waals surface area contributed by atoms with E-state index in [1.807, 2.05) is 18.2 Å². The minimum atomic E-state index is 0.907. The van der Waals surface area contributed by atoms with Crippen molar-refractivity contribution in [1.82, 2.24) is 0 Å². The van der Waals surface area contributed by atoms with Crippen molar-refractivity contribution in [2.24, 2.45) is 0 Å². The van der Waals surface area contributed by atoms with E-state index in [0.29, 0.717) is 0 Å². The average molecular weight is 193 g/mol. The van der Waals surface area contributed by atoms with Crippen molar-refractivity contribution in [3.8, 4) is 5.75 Å². The molecule has 2 rings (SSSR count). The fourth-order valence-electron chi connectivity index (χ4n) is 1.23. The molecule has 1 aromatic rings. The summed E-state index contributed by atoms with van der Waals surface area (Å²) in [6.45, 7) is 0.970. The Balaban J connectivity index is 2.19. The van der Waals surface area contributed by atoms with Crippen LogP contribution < -0.4 is 9.04 Å². The summed E-state index contributed by atoms with van der Waals surface area (Å²) < 4.78 is 7.37. The Bertz CT molecular complexity index is 316. The number of methoxy groups -OCH3 is 1. The second kappa shape index (κ2) is 3.75. The Morgan fingerprint density at radius 1 is 1.46 bits per heavy atom. The maximum Gasteiger partial charge on any atom is 0.120 e. The van der Waals surface area contributed by atoms with Gasteiger partial charge in [-0.25, -0.2) is 0 Å². The van der Waals surface area contributed by atoms with E-state index in [-0.39, 0.29) is 0 Å². The van der Waals surface area contributed by atoms with Gasteiger partial charge in [0.2, 0.25) is 0 Å². The van der Waals surface area contributed by atoms with E-state index < -0.39 is 0 Å². The maximum atomic E-state index is 5.16. The van der Waals surface area contributed by atoms with Crippen molar-refractivity contribution in [3.05, 3.63) is 35.7 Å². The molecule has 1 heterocycles. The second-order valence-corrected chi connectivity index (χ2v) is 3.66. The molecular weight excluding hydrogens is 182 g/mol. The summed E-state index contributed by atoms with van der Waals surface area (Å²) in [7, 11) is 1.69. The minimum absolute atomic E-state index is 0.907. The summed E-state index contributed by atoms with van der Waals surface area (Å²) in [5.41, 5.74) is 1.19. The molecule has 0 N–H and O–H groups in total. The van der Waals surface area contributed by atoms with Crippen LogP contribution in [-0.4, -0.2) is 13.7 Å². The molecule has 1 aromatic carbocycles. The van der Waals surface area contributed by atoms with Gasteiger partial charge in [-0.1, -0.05) is 12.1 Å². The van der Waals surface area contributed by atoms with Crippen LogP contribution in [0.25, 0.3) is 0 Å². The highest BCUT2D eigenvalue weighted by Crippen LogP contribution is 2.29. The van der Waals surface area contributed by atoms with E-state index in [1.54, 1.807) is 19.1 Å². The van der Waals surface area contributed by atoms with Crippen LogP contribution in [0.4, 0.5) is 5.69 Å². The molecular formula is C10H11NOS. The van der Waals surface area contributed by atoms with Gasteiger partial charge in [0, 0.05) is 12.6 Å². The Labute approximate surface area is 82.3 Å². The summed E-state index contributed by atoms with van der Waals surface area (Å²) >= 11 is 1.71. The lowest BCUT2D eigenvalue weighted by atomic mass is 10.3. The molecule has 0 unspecified atom stereocenters. The van der Waals surface area contributed by atoms with Crippen molar-refractivity contribution in [2.45, 2.75) is 0 Å². The number of anilines is 1. The zero-order chi connectivity index (χ0) is 9.10. The van der Waals surface area contributed by atoms with E-state index >= 15 is 0 Å². The first-order valence-corrected chi connectivity index (χ1v) is 4.97. The normalized spacial score (nSPS) is 15.0. The number of hydrogen-bond acceptors (Lipinski definition) is 3. The molecule has 0 fully saturated rings. The zero-order valence-electron chi connectivity index (χ0n) is 7.43. The van der Waals surface area contributed by atoms with Gasteiger partial charge >= 0.3 is 0 Å². The average Bonchev–Trinajstić information content (AvgIpc) is 2.71. The van der Waals surface area contributed by atoms with E-state index in [2.05, 4.69) is 21.9 Å². The van der Waals surface area contributed by atoms with Crippen LogP contribution in [0.1, 0.15) is 0 Å². The molecule has 1 aliphatic heterocycles. The summed E-state index contributed by atoms with van der Waals surface area (Å²) in [6.07, 6.45) is 2.14. The lowest BCUT2D eigenvalue weighted by Crippen LogP contribution is -2.08. The van der Waals surface area contributed by atoms with Crippen molar-refractivity contribution in [3.63, 3.8) is 0 Å². The molecule has 0 radical (unpaired) electrons. The van der Waals surface area contributed by atoms with Crippen molar-refractivity contribution in [1.29, 1.82) is 0 Å². The Morgan fingerprint density at radius 2 is 2.38 bits per heavy atom. The predicted molar refractivity (Wildman–Crippen MR) is 57.1 cm³/mol. The molecule has 68 valence electrons. The van der Waals surface area contributed by atoms with E-state index in [0.717, 1.165) is 12.3 Å². The van der Waals surface area contributed by atoms with Crippen LogP contribution in [0.5, 0.6) is 5.75 Å². The highest BCUT2D eigenvalue weighted by atomic mass is 32.2. The summed E-state index contributed by atoms with van der Waals surface area (Å²) in [4.78, 5) is 0. The number of hydrogen-bond donors (Lipinski definition) is 0. The molecule has 0 bridgehead atoms. The van der Waals surface area contributed by atoms with Crippen molar-refractivity contribution >= 4 is 17.6 Å². The fourth-order valence-corrected chi connectivity index (χ4v) is 1.96. The summed E-state index contributed by atoms with van der Waals surface area (Å²) in [6, 6.07) is 8.09. The summed E-state index contributed by atoms with van der Waals surface area (Å²) in [5, 5.41) is 2.10. The van der Waals surface area contributed by atoms with Crippen LogP contribution in [0.2, 0.25) is 0 Å². The van der Waals surface area contributed by atoms with Gasteiger partial charge in [-0.3, -0.25) is 0 Å². The van der Waals surface area contributed by atoms with E-state index in [9.17, 15) is 0 Å². The third kappa shape index (κ3) is 1.80. The van der Waals surface area contributed by atoms with Gasteiger partial charge in [0.15, 0.2) is 0 Å². The van der Waals surface area contributed by atoms with Gasteiger partial charge < -0.3 is 9.04 Å². The lowest BCUT2D eigenvalue weighted by Gasteiger charge is -2.16. The SMILES string of the molecule is COc1cccc(N2CC=CS2)c1. The first-order chi connectivity index (χ1) is 6.40. The summed E-state index contributed by atoms with van der Waals surface area (Å²) in [5.74, 6) is 0.907. The van der Waals surface area contributed by atoms with Gasteiger partial charge in [0.25, 0.3) is 0 Å². The van der Waals surface area contributed by atoms with Crippen LogP contribution in [-0.2, 0) is 0 Å². The Hall–Kier alpha value is -1.09. The Morgan fingerprint density at radius 3 is 3.08 bits per heavy atom. The molecule has 0 saturated heterocycles. The topological polar surface area (TPSA) is 12.5 Å². The smallest absolute Gasteiger partial charge is 0.120 e. The Kier molecular flexibility index (Phi) is 2.45. The monoisotopic (exact) mass is 193 g/mol. The minimum Gasteiger partial charge on any atom is -0.497 e. The lowest BCUT2D eigenvalue weighted by molar-refractivity contribution is 0.415. The first kappa shape index (κ1) is 8.51. The second-order valence-electron chi connectivity index (χ2n) is 2.74. The van der Waals surface area contributed by atoms with Crippen molar-refractivity contribution < 1.29 is 4.74 Å². The third-order valence-electron chi connectivity index (χ3n) is 1.90. The highest BCUT2D eigenvalue weighted by Gasteiger charge is 2.08. The molecule has 0 spiro atoms.